The van der Waals surface area contributed by atoms with E-state index in [0.717, 1.165) is 0 Å². The summed E-state index contributed by atoms with van der Waals surface area (Å²) in [5.74, 6) is -2.14. The van der Waals surface area contributed by atoms with Crippen LogP contribution in [0.5, 0.6) is 5.75 Å². The Hall–Kier alpha value is -2.04. The molecule has 0 amide bonds. The molecule has 104 valence electrons. The van der Waals surface area contributed by atoms with Crippen LogP contribution >= 0.6 is 0 Å². The lowest BCUT2D eigenvalue weighted by Gasteiger charge is -2.13. The monoisotopic (exact) mass is 266 g/mol. The van der Waals surface area contributed by atoms with Crippen molar-refractivity contribution in [2.45, 2.75) is 38.7 Å². The molecule has 0 aliphatic carbocycles. The number of ether oxygens (including phenoxy) is 1. The van der Waals surface area contributed by atoms with Crippen LogP contribution in [0.4, 0.5) is 0 Å². The van der Waals surface area contributed by atoms with Crippen molar-refractivity contribution in [3.05, 3.63) is 29.8 Å². The summed E-state index contributed by atoms with van der Waals surface area (Å²) in [5, 5.41) is 17.8. The highest BCUT2D eigenvalue weighted by molar-refractivity contribution is 5.77. The molecule has 0 fully saturated rings. The molecule has 0 heterocycles. The molecule has 5 heteroatoms. The van der Waals surface area contributed by atoms with Crippen molar-refractivity contribution >= 4 is 11.9 Å². The standard InChI is InChI=1S/C14H18O5/c1-9(2)19-11-5-3-10(4-6-11)12(14(17)18)7-8-13(15)16/h3-6,9,12H,7-8H2,1-2H3,(H,15,16)(H,17,18). The zero-order valence-corrected chi connectivity index (χ0v) is 11.0. The van der Waals surface area contributed by atoms with Crippen molar-refractivity contribution in [2.75, 3.05) is 0 Å². The average molecular weight is 266 g/mol. The summed E-state index contributed by atoms with van der Waals surface area (Å²) in [6.45, 7) is 3.81. The van der Waals surface area contributed by atoms with E-state index in [0.29, 0.717) is 11.3 Å². The molecule has 1 unspecified atom stereocenters. The summed E-state index contributed by atoms with van der Waals surface area (Å²) in [4.78, 5) is 21.7. The molecular weight excluding hydrogens is 248 g/mol. The van der Waals surface area contributed by atoms with Crippen molar-refractivity contribution in [3.8, 4) is 5.75 Å². The van der Waals surface area contributed by atoms with Crippen LogP contribution < -0.4 is 4.74 Å². The van der Waals surface area contributed by atoms with Gasteiger partial charge in [0.2, 0.25) is 0 Å². The highest BCUT2D eigenvalue weighted by atomic mass is 16.5. The van der Waals surface area contributed by atoms with E-state index in [1.807, 2.05) is 13.8 Å². The molecule has 0 bridgehead atoms. The predicted molar refractivity (Wildman–Crippen MR) is 69.5 cm³/mol. The van der Waals surface area contributed by atoms with E-state index in [2.05, 4.69) is 0 Å². The maximum atomic E-state index is 11.2. The molecule has 0 aromatic heterocycles. The second-order valence-electron chi connectivity index (χ2n) is 4.56. The maximum Gasteiger partial charge on any atom is 0.310 e. The van der Waals surface area contributed by atoms with Gasteiger partial charge in [0.15, 0.2) is 0 Å². The average Bonchev–Trinajstić information content (AvgIpc) is 2.29. The Morgan fingerprint density at radius 1 is 1.16 bits per heavy atom. The minimum Gasteiger partial charge on any atom is -0.491 e. The number of hydrogen-bond acceptors (Lipinski definition) is 3. The summed E-state index contributed by atoms with van der Waals surface area (Å²) in [6.07, 6.45) is -0.0378. The minimum atomic E-state index is -1.02. The van der Waals surface area contributed by atoms with Crippen LogP contribution in [0.3, 0.4) is 0 Å². The first kappa shape index (κ1) is 15.0. The Kier molecular flexibility index (Phi) is 5.36. The molecule has 0 aliphatic heterocycles. The van der Waals surface area contributed by atoms with Gasteiger partial charge in [0.25, 0.3) is 0 Å². The second-order valence-corrected chi connectivity index (χ2v) is 4.56. The van der Waals surface area contributed by atoms with Gasteiger partial charge in [-0.15, -0.1) is 0 Å². The molecule has 0 saturated carbocycles. The summed E-state index contributed by atoms with van der Waals surface area (Å²) in [6, 6.07) is 6.73. The zero-order chi connectivity index (χ0) is 14.4. The van der Waals surface area contributed by atoms with E-state index in [9.17, 15) is 9.59 Å². The third-order valence-electron chi connectivity index (χ3n) is 2.60. The van der Waals surface area contributed by atoms with Crippen LogP contribution in [0, 0.1) is 0 Å². The van der Waals surface area contributed by atoms with Gasteiger partial charge < -0.3 is 14.9 Å². The molecule has 0 aliphatic rings. The van der Waals surface area contributed by atoms with Crippen LogP contribution in [0.1, 0.15) is 38.2 Å². The Balaban J connectivity index is 2.79. The third kappa shape index (κ3) is 4.99. The van der Waals surface area contributed by atoms with Gasteiger partial charge in [0.1, 0.15) is 5.75 Å². The first-order chi connectivity index (χ1) is 8.90. The lowest BCUT2D eigenvalue weighted by Crippen LogP contribution is -2.13. The van der Waals surface area contributed by atoms with Gasteiger partial charge in [0, 0.05) is 6.42 Å². The Labute approximate surface area is 111 Å². The molecule has 19 heavy (non-hydrogen) atoms. The van der Waals surface area contributed by atoms with E-state index < -0.39 is 17.9 Å². The normalized spacial score (nSPS) is 12.2. The fraction of sp³-hybridized carbons (Fsp3) is 0.429. The molecule has 0 radical (unpaired) electrons. The number of carboxylic acid groups (broad SMARTS) is 2. The summed E-state index contributed by atoms with van der Waals surface area (Å²) in [5.41, 5.74) is 0.588. The van der Waals surface area contributed by atoms with E-state index >= 15 is 0 Å². The van der Waals surface area contributed by atoms with Gasteiger partial charge in [-0.25, -0.2) is 0 Å². The summed E-state index contributed by atoms with van der Waals surface area (Å²) >= 11 is 0. The number of aliphatic carboxylic acids is 2. The van der Waals surface area contributed by atoms with Crippen molar-refractivity contribution in [2.24, 2.45) is 0 Å². The van der Waals surface area contributed by atoms with Crippen molar-refractivity contribution in [3.63, 3.8) is 0 Å². The number of carbonyl (C=O) groups is 2. The lowest BCUT2D eigenvalue weighted by atomic mass is 9.94. The van der Waals surface area contributed by atoms with Gasteiger partial charge in [-0.1, -0.05) is 12.1 Å². The van der Waals surface area contributed by atoms with Crippen LogP contribution in [0.25, 0.3) is 0 Å². The van der Waals surface area contributed by atoms with Crippen molar-refractivity contribution < 1.29 is 24.5 Å². The smallest absolute Gasteiger partial charge is 0.310 e. The summed E-state index contributed by atoms with van der Waals surface area (Å²) in [7, 11) is 0. The number of carboxylic acids is 2. The molecule has 0 spiro atoms. The quantitative estimate of drug-likeness (QED) is 0.792. The first-order valence-electron chi connectivity index (χ1n) is 6.11. The van der Waals surface area contributed by atoms with E-state index in [-0.39, 0.29) is 18.9 Å². The van der Waals surface area contributed by atoms with Gasteiger partial charge in [0.05, 0.1) is 12.0 Å². The zero-order valence-electron chi connectivity index (χ0n) is 11.0. The highest BCUT2D eigenvalue weighted by Crippen LogP contribution is 2.24. The van der Waals surface area contributed by atoms with Gasteiger partial charge >= 0.3 is 11.9 Å². The van der Waals surface area contributed by atoms with Crippen LogP contribution in [-0.2, 0) is 9.59 Å². The molecule has 2 N–H and O–H groups in total. The Bertz CT molecular complexity index is 436. The van der Waals surface area contributed by atoms with Gasteiger partial charge in [-0.05, 0) is 38.0 Å². The fourth-order valence-corrected chi connectivity index (χ4v) is 1.75. The molecule has 1 aromatic carbocycles. The topological polar surface area (TPSA) is 83.8 Å². The SMILES string of the molecule is CC(C)Oc1ccc(C(CCC(=O)O)C(=O)O)cc1. The Morgan fingerprint density at radius 3 is 2.16 bits per heavy atom. The number of rotatable bonds is 7. The second kappa shape index (κ2) is 6.78. The molecule has 1 rings (SSSR count). The van der Waals surface area contributed by atoms with E-state index in [1.54, 1.807) is 24.3 Å². The molecule has 1 aromatic rings. The third-order valence-corrected chi connectivity index (χ3v) is 2.60. The van der Waals surface area contributed by atoms with E-state index in [1.165, 1.54) is 0 Å². The Morgan fingerprint density at radius 2 is 1.74 bits per heavy atom. The fourth-order valence-electron chi connectivity index (χ4n) is 1.75. The predicted octanol–water partition coefficient (Wildman–Crippen LogP) is 2.51. The van der Waals surface area contributed by atoms with Gasteiger partial charge in [-0.2, -0.15) is 0 Å². The number of hydrogen-bond donors (Lipinski definition) is 2. The lowest BCUT2D eigenvalue weighted by molar-refractivity contribution is -0.140. The first-order valence-corrected chi connectivity index (χ1v) is 6.11. The van der Waals surface area contributed by atoms with Crippen LogP contribution in [-0.4, -0.2) is 28.3 Å². The van der Waals surface area contributed by atoms with Crippen molar-refractivity contribution in [1.29, 1.82) is 0 Å². The molecular formula is C14H18O5. The molecule has 0 saturated heterocycles. The van der Waals surface area contributed by atoms with Gasteiger partial charge in [-0.3, -0.25) is 9.59 Å². The largest absolute Gasteiger partial charge is 0.491 e. The summed E-state index contributed by atoms with van der Waals surface area (Å²) < 4.78 is 5.47. The van der Waals surface area contributed by atoms with Crippen LogP contribution in [0.2, 0.25) is 0 Å². The van der Waals surface area contributed by atoms with E-state index in [4.69, 9.17) is 14.9 Å². The molecule has 5 nitrogen and oxygen atoms in total. The number of benzene rings is 1. The van der Waals surface area contributed by atoms with Crippen LogP contribution in [0.15, 0.2) is 24.3 Å². The molecule has 1 atom stereocenters. The van der Waals surface area contributed by atoms with Crippen molar-refractivity contribution in [1.82, 2.24) is 0 Å². The minimum absolute atomic E-state index is 0.0492. The maximum absolute atomic E-state index is 11.2. The highest BCUT2D eigenvalue weighted by Gasteiger charge is 2.20.